The van der Waals surface area contributed by atoms with E-state index in [0.29, 0.717) is 17.0 Å². The Hall–Kier alpha value is -3.48. The number of aryl methyl sites for hydroxylation is 2. The Balaban J connectivity index is 1.68. The maximum Gasteiger partial charge on any atom is 0.262 e. The third kappa shape index (κ3) is 2.76. The van der Waals surface area contributed by atoms with Crippen molar-refractivity contribution in [2.24, 2.45) is 0 Å². The molecule has 7 heteroatoms. The fourth-order valence-corrected chi connectivity index (χ4v) is 2.85. The number of anilines is 1. The van der Waals surface area contributed by atoms with Gasteiger partial charge in [0.2, 0.25) is 0 Å². The molecule has 124 valence electrons. The number of rotatable bonds is 3. The Bertz CT molecular complexity index is 1060. The Morgan fingerprint density at radius 3 is 2.68 bits per heavy atom. The molecule has 0 bridgehead atoms. The third-order valence-corrected chi connectivity index (χ3v) is 3.86. The molecule has 0 atom stereocenters. The highest BCUT2D eigenvalue weighted by Gasteiger charge is 2.16. The van der Waals surface area contributed by atoms with Crippen molar-refractivity contribution >= 4 is 17.4 Å². The number of hydrogen-bond donors (Lipinski definition) is 1. The van der Waals surface area contributed by atoms with Crippen LogP contribution in [0.15, 0.2) is 55.1 Å². The van der Waals surface area contributed by atoms with Crippen LogP contribution in [0.5, 0.6) is 0 Å². The van der Waals surface area contributed by atoms with Crippen LogP contribution in [0.2, 0.25) is 0 Å². The maximum absolute atomic E-state index is 12.7. The van der Waals surface area contributed by atoms with E-state index < -0.39 is 0 Å². The molecular formula is C18H16N6O. The minimum absolute atomic E-state index is 0.278. The van der Waals surface area contributed by atoms with Crippen molar-refractivity contribution in [3.63, 3.8) is 0 Å². The maximum atomic E-state index is 12.7. The summed E-state index contributed by atoms with van der Waals surface area (Å²) in [6.45, 7) is 4.06. The van der Waals surface area contributed by atoms with Crippen LogP contribution in [0.3, 0.4) is 0 Å². The second kappa shape index (κ2) is 5.86. The van der Waals surface area contributed by atoms with Crippen LogP contribution in [0, 0.1) is 13.8 Å². The lowest BCUT2D eigenvalue weighted by Crippen LogP contribution is -2.15. The van der Waals surface area contributed by atoms with Crippen molar-refractivity contribution in [3.8, 4) is 5.69 Å². The lowest BCUT2D eigenvalue weighted by molar-refractivity contribution is 0.102. The van der Waals surface area contributed by atoms with Crippen molar-refractivity contribution in [2.75, 3.05) is 5.32 Å². The molecule has 1 aromatic carbocycles. The summed E-state index contributed by atoms with van der Waals surface area (Å²) in [6.07, 6.45) is 6.54. The number of nitrogens with zero attached hydrogens (tertiary/aromatic N) is 5. The van der Waals surface area contributed by atoms with Crippen LogP contribution in [-0.4, -0.2) is 30.3 Å². The Kier molecular flexibility index (Phi) is 3.53. The summed E-state index contributed by atoms with van der Waals surface area (Å²) >= 11 is 0. The van der Waals surface area contributed by atoms with Gasteiger partial charge in [-0.2, -0.15) is 10.2 Å². The van der Waals surface area contributed by atoms with Crippen molar-refractivity contribution < 1.29 is 4.79 Å². The number of carbonyl (C=O) groups is 1. The van der Waals surface area contributed by atoms with Crippen LogP contribution >= 0.6 is 0 Å². The number of benzene rings is 1. The van der Waals surface area contributed by atoms with Crippen molar-refractivity contribution in [1.29, 1.82) is 0 Å². The SMILES string of the molecule is Cc1cc(C)cc(-n2nccc2NC(=O)c2cnn3cccnc23)c1. The van der Waals surface area contributed by atoms with E-state index in [1.54, 1.807) is 39.9 Å². The Labute approximate surface area is 143 Å². The van der Waals surface area contributed by atoms with Gasteiger partial charge in [0.1, 0.15) is 11.4 Å². The topological polar surface area (TPSA) is 77.1 Å². The van der Waals surface area contributed by atoms with E-state index in [2.05, 4.69) is 26.6 Å². The smallest absolute Gasteiger partial charge is 0.262 e. The van der Waals surface area contributed by atoms with Gasteiger partial charge in [-0.15, -0.1) is 0 Å². The molecule has 0 aliphatic heterocycles. The van der Waals surface area contributed by atoms with Gasteiger partial charge < -0.3 is 5.32 Å². The first-order chi connectivity index (χ1) is 12.1. The van der Waals surface area contributed by atoms with Crippen LogP contribution in [0.1, 0.15) is 21.5 Å². The fraction of sp³-hybridized carbons (Fsp3) is 0.111. The molecule has 1 amide bonds. The first-order valence-electron chi connectivity index (χ1n) is 7.84. The molecule has 4 aromatic rings. The van der Waals surface area contributed by atoms with Gasteiger partial charge in [-0.05, 0) is 43.2 Å². The highest BCUT2D eigenvalue weighted by molar-refractivity contribution is 6.07. The van der Waals surface area contributed by atoms with Crippen molar-refractivity contribution in [2.45, 2.75) is 13.8 Å². The van der Waals surface area contributed by atoms with E-state index in [9.17, 15) is 4.79 Å². The van der Waals surface area contributed by atoms with Gasteiger partial charge in [0.25, 0.3) is 5.91 Å². The minimum atomic E-state index is -0.278. The summed E-state index contributed by atoms with van der Waals surface area (Å²) < 4.78 is 3.27. The molecular weight excluding hydrogens is 316 g/mol. The van der Waals surface area contributed by atoms with Gasteiger partial charge in [-0.1, -0.05) is 6.07 Å². The van der Waals surface area contributed by atoms with Gasteiger partial charge in [-0.25, -0.2) is 14.2 Å². The highest BCUT2D eigenvalue weighted by atomic mass is 16.1. The van der Waals surface area contributed by atoms with Crippen LogP contribution in [0.25, 0.3) is 11.3 Å². The van der Waals surface area contributed by atoms with Crippen LogP contribution in [0.4, 0.5) is 5.82 Å². The summed E-state index contributed by atoms with van der Waals surface area (Å²) in [5.41, 5.74) is 4.09. The molecule has 3 heterocycles. The molecule has 0 radical (unpaired) electrons. The third-order valence-electron chi connectivity index (χ3n) is 3.86. The zero-order valence-electron chi connectivity index (χ0n) is 13.8. The second-order valence-electron chi connectivity index (χ2n) is 5.87. The largest absolute Gasteiger partial charge is 0.306 e. The van der Waals surface area contributed by atoms with Gasteiger partial charge in [0.15, 0.2) is 5.65 Å². The van der Waals surface area contributed by atoms with Crippen molar-refractivity contribution in [3.05, 3.63) is 71.8 Å². The summed E-state index contributed by atoms with van der Waals surface area (Å²) in [7, 11) is 0. The molecule has 25 heavy (non-hydrogen) atoms. The molecule has 0 saturated heterocycles. The van der Waals surface area contributed by atoms with E-state index >= 15 is 0 Å². The summed E-state index contributed by atoms with van der Waals surface area (Å²) in [6, 6.07) is 9.65. The number of amides is 1. The monoisotopic (exact) mass is 332 g/mol. The van der Waals surface area contributed by atoms with Gasteiger partial charge in [-0.3, -0.25) is 4.79 Å². The average Bonchev–Trinajstić information content (AvgIpc) is 3.20. The minimum Gasteiger partial charge on any atom is -0.306 e. The molecule has 0 unspecified atom stereocenters. The van der Waals surface area contributed by atoms with E-state index in [1.807, 2.05) is 26.0 Å². The van der Waals surface area contributed by atoms with E-state index in [0.717, 1.165) is 16.8 Å². The highest BCUT2D eigenvalue weighted by Crippen LogP contribution is 2.19. The summed E-state index contributed by atoms with van der Waals surface area (Å²) in [4.78, 5) is 16.9. The van der Waals surface area contributed by atoms with Gasteiger partial charge in [0, 0.05) is 18.5 Å². The van der Waals surface area contributed by atoms with Gasteiger partial charge >= 0.3 is 0 Å². The van der Waals surface area contributed by atoms with E-state index in [-0.39, 0.29) is 5.91 Å². The predicted molar refractivity (Wildman–Crippen MR) is 94.0 cm³/mol. The summed E-state index contributed by atoms with van der Waals surface area (Å²) in [5, 5.41) is 11.4. The quantitative estimate of drug-likeness (QED) is 0.626. The standard InChI is InChI=1S/C18H16N6O/c1-12-8-13(2)10-14(9-12)24-16(4-6-20-24)22-18(25)15-11-21-23-7-3-5-19-17(15)23/h3-11H,1-2H3,(H,22,25). The number of carbonyl (C=O) groups excluding carboxylic acids is 1. The average molecular weight is 332 g/mol. The van der Waals surface area contributed by atoms with Gasteiger partial charge in [0.05, 0.1) is 18.1 Å². The number of hydrogen-bond acceptors (Lipinski definition) is 4. The number of fused-ring (bicyclic) bond motifs is 1. The van der Waals surface area contributed by atoms with Crippen LogP contribution in [-0.2, 0) is 0 Å². The Morgan fingerprint density at radius 2 is 1.88 bits per heavy atom. The number of aromatic nitrogens is 5. The lowest BCUT2D eigenvalue weighted by Gasteiger charge is -2.10. The molecule has 0 aliphatic rings. The molecule has 0 saturated carbocycles. The first-order valence-corrected chi connectivity index (χ1v) is 7.84. The van der Waals surface area contributed by atoms with Crippen molar-refractivity contribution in [1.82, 2.24) is 24.4 Å². The first kappa shape index (κ1) is 15.1. The fourth-order valence-electron chi connectivity index (χ4n) is 2.85. The van der Waals surface area contributed by atoms with E-state index in [1.165, 1.54) is 6.20 Å². The number of nitrogens with one attached hydrogen (secondary N) is 1. The normalized spacial score (nSPS) is 11.0. The van der Waals surface area contributed by atoms with E-state index in [4.69, 9.17) is 0 Å². The molecule has 1 N–H and O–H groups in total. The molecule has 0 aliphatic carbocycles. The molecule has 4 rings (SSSR count). The lowest BCUT2D eigenvalue weighted by atomic mass is 10.1. The predicted octanol–water partition coefficient (Wildman–Crippen LogP) is 2.78. The second-order valence-corrected chi connectivity index (χ2v) is 5.87. The molecule has 0 spiro atoms. The zero-order valence-corrected chi connectivity index (χ0v) is 13.8. The molecule has 0 fully saturated rings. The Morgan fingerprint density at radius 1 is 1.08 bits per heavy atom. The van der Waals surface area contributed by atoms with Crippen LogP contribution < -0.4 is 5.32 Å². The molecule has 3 aromatic heterocycles. The summed E-state index contributed by atoms with van der Waals surface area (Å²) in [5.74, 6) is 0.310. The zero-order chi connectivity index (χ0) is 17.4. The molecule has 7 nitrogen and oxygen atoms in total.